The highest BCUT2D eigenvalue weighted by Crippen LogP contribution is 2.31. The van der Waals surface area contributed by atoms with E-state index in [1.807, 2.05) is 29.9 Å². The summed E-state index contributed by atoms with van der Waals surface area (Å²) in [6.07, 6.45) is 0.0984. The number of hydrogen-bond acceptors (Lipinski definition) is 5. The van der Waals surface area contributed by atoms with Crippen molar-refractivity contribution in [2.24, 2.45) is 5.84 Å². The lowest BCUT2D eigenvalue weighted by Crippen LogP contribution is -2.26. The summed E-state index contributed by atoms with van der Waals surface area (Å²) >= 11 is 6.10. The van der Waals surface area contributed by atoms with Crippen LogP contribution in [0.4, 0.5) is 0 Å². The van der Waals surface area contributed by atoms with Crippen molar-refractivity contribution in [3.8, 4) is 5.75 Å². The summed E-state index contributed by atoms with van der Waals surface area (Å²) in [5.74, 6) is 5.04. The molecule has 0 heterocycles. The SMILES string of the molecule is NNOC(=O)CCOc1ccc(Cl)c2ccccc12. The number of halogens is 1. The Kier molecular flexibility index (Phi) is 4.57. The molecule has 0 aliphatic rings. The second-order valence-electron chi connectivity index (χ2n) is 3.78. The van der Waals surface area contributed by atoms with Crippen molar-refractivity contribution in [1.82, 2.24) is 5.59 Å². The van der Waals surface area contributed by atoms with E-state index in [4.69, 9.17) is 22.2 Å². The fraction of sp³-hybridized carbons (Fsp3) is 0.154. The minimum atomic E-state index is -0.485. The molecule has 0 amide bonds. The van der Waals surface area contributed by atoms with Gasteiger partial charge < -0.3 is 9.57 Å². The molecular weight excluding hydrogens is 268 g/mol. The molecular formula is C13H13ClN2O3. The van der Waals surface area contributed by atoms with Crippen molar-refractivity contribution in [3.63, 3.8) is 0 Å². The van der Waals surface area contributed by atoms with Gasteiger partial charge in [-0.1, -0.05) is 41.5 Å². The van der Waals surface area contributed by atoms with Gasteiger partial charge in [-0.3, -0.25) is 4.79 Å². The third-order valence-electron chi connectivity index (χ3n) is 2.57. The van der Waals surface area contributed by atoms with E-state index < -0.39 is 5.97 Å². The minimum Gasteiger partial charge on any atom is -0.492 e. The number of carbonyl (C=O) groups is 1. The van der Waals surface area contributed by atoms with Crippen molar-refractivity contribution in [2.45, 2.75) is 6.42 Å². The molecule has 0 bridgehead atoms. The number of hydrogen-bond donors (Lipinski definition) is 2. The minimum absolute atomic E-state index is 0.0984. The van der Waals surface area contributed by atoms with Crippen molar-refractivity contribution < 1.29 is 14.4 Å². The van der Waals surface area contributed by atoms with Gasteiger partial charge in [-0.2, -0.15) is 0 Å². The van der Waals surface area contributed by atoms with Crippen LogP contribution in [0, 0.1) is 0 Å². The number of nitrogens with two attached hydrogens (primary N) is 1. The number of fused-ring (bicyclic) bond motifs is 1. The standard InChI is InChI=1S/C13H13ClN2O3/c14-11-5-6-12(10-4-2-1-3-9(10)11)18-8-7-13(17)19-16-15/h1-6,16H,7-8,15H2. The Morgan fingerprint density at radius 1 is 1.21 bits per heavy atom. The van der Waals surface area contributed by atoms with Gasteiger partial charge in [-0.15, -0.1) is 0 Å². The van der Waals surface area contributed by atoms with E-state index in [1.165, 1.54) is 0 Å². The first kappa shape index (κ1) is 13.6. The Hall–Kier alpha value is -1.82. The van der Waals surface area contributed by atoms with Gasteiger partial charge in [0, 0.05) is 15.8 Å². The van der Waals surface area contributed by atoms with Crippen LogP contribution in [0.1, 0.15) is 6.42 Å². The molecule has 2 aromatic rings. The van der Waals surface area contributed by atoms with Crippen molar-refractivity contribution >= 4 is 28.3 Å². The first-order valence-electron chi connectivity index (χ1n) is 5.67. The van der Waals surface area contributed by atoms with Crippen LogP contribution >= 0.6 is 11.6 Å². The van der Waals surface area contributed by atoms with Gasteiger partial charge in [-0.05, 0) is 12.1 Å². The Balaban J connectivity index is 2.09. The van der Waals surface area contributed by atoms with Crippen molar-refractivity contribution in [1.29, 1.82) is 0 Å². The van der Waals surface area contributed by atoms with Gasteiger partial charge in [0.2, 0.25) is 0 Å². The molecule has 3 N–H and O–H groups in total. The molecule has 2 aromatic carbocycles. The highest BCUT2D eigenvalue weighted by molar-refractivity contribution is 6.35. The summed E-state index contributed by atoms with van der Waals surface area (Å²) in [5, 5.41) is 2.47. The molecule has 0 aromatic heterocycles. The highest BCUT2D eigenvalue weighted by atomic mass is 35.5. The summed E-state index contributed by atoms with van der Waals surface area (Å²) in [6, 6.07) is 11.2. The quantitative estimate of drug-likeness (QED) is 0.649. The van der Waals surface area contributed by atoms with Crippen LogP contribution in [0.3, 0.4) is 0 Å². The van der Waals surface area contributed by atoms with Crippen LogP contribution in [-0.2, 0) is 9.63 Å². The van der Waals surface area contributed by atoms with Gasteiger partial charge in [0.05, 0.1) is 13.0 Å². The second-order valence-corrected chi connectivity index (χ2v) is 4.19. The Labute approximate surface area is 115 Å². The lowest BCUT2D eigenvalue weighted by Gasteiger charge is -2.09. The summed E-state index contributed by atoms with van der Waals surface area (Å²) in [5.41, 5.74) is 1.83. The third-order valence-corrected chi connectivity index (χ3v) is 2.90. The van der Waals surface area contributed by atoms with Crippen LogP contribution in [-0.4, -0.2) is 12.6 Å². The molecule has 2 rings (SSSR count). The molecule has 100 valence electrons. The number of hydrazine groups is 1. The zero-order valence-corrected chi connectivity index (χ0v) is 10.8. The maximum Gasteiger partial charge on any atom is 0.329 e. The van der Waals surface area contributed by atoms with Crippen molar-refractivity contribution in [3.05, 3.63) is 41.4 Å². The van der Waals surface area contributed by atoms with Gasteiger partial charge in [0.15, 0.2) is 0 Å². The highest BCUT2D eigenvalue weighted by Gasteiger charge is 2.07. The fourth-order valence-corrected chi connectivity index (χ4v) is 1.95. The number of benzene rings is 2. The molecule has 0 aliphatic carbocycles. The number of carbonyl (C=O) groups excluding carboxylic acids is 1. The molecule has 5 nitrogen and oxygen atoms in total. The molecule has 0 saturated heterocycles. The zero-order chi connectivity index (χ0) is 13.7. The van der Waals surface area contributed by atoms with E-state index in [9.17, 15) is 4.79 Å². The van der Waals surface area contributed by atoms with Gasteiger partial charge in [0.25, 0.3) is 0 Å². The summed E-state index contributed by atoms with van der Waals surface area (Å²) < 4.78 is 5.56. The van der Waals surface area contributed by atoms with Crippen LogP contribution in [0.2, 0.25) is 5.02 Å². The lowest BCUT2D eigenvalue weighted by atomic mass is 10.1. The summed E-state index contributed by atoms with van der Waals surface area (Å²) in [6.45, 7) is 0.201. The molecule has 6 heteroatoms. The molecule has 0 unspecified atom stereocenters. The number of ether oxygens (including phenoxy) is 1. The summed E-state index contributed by atoms with van der Waals surface area (Å²) in [4.78, 5) is 15.5. The normalized spacial score (nSPS) is 10.4. The van der Waals surface area contributed by atoms with E-state index in [-0.39, 0.29) is 13.0 Å². The van der Waals surface area contributed by atoms with E-state index in [1.54, 1.807) is 12.1 Å². The largest absolute Gasteiger partial charge is 0.492 e. The smallest absolute Gasteiger partial charge is 0.329 e. The van der Waals surface area contributed by atoms with Gasteiger partial charge in [0.1, 0.15) is 5.75 Å². The van der Waals surface area contributed by atoms with Crippen molar-refractivity contribution in [2.75, 3.05) is 6.61 Å². The molecule has 0 spiro atoms. The molecule has 0 saturated carbocycles. The van der Waals surface area contributed by atoms with E-state index in [0.29, 0.717) is 10.8 Å². The molecule has 0 fully saturated rings. The average molecular weight is 281 g/mol. The predicted molar refractivity (Wildman–Crippen MR) is 72.5 cm³/mol. The van der Waals surface area contributed by atoms with Crippen LogP contribution in [0.25, 0.3) is 10.8 Å². The number of nitrogens with one attached hydrogen (secondary N) is 1. The average Bonchev–Trinajstić information content (AvgIpc) is 2.42. The van der Waals surface area contributed by atoms with Crippen LogP contribution in [0.15, 0.2) is 36.4 Å². The monoisotopic (exact) mass is 280 g/mol. The Bertz CT molecular complexity index is 589. The Morgan fingerprint density at radius 3 is 2.68 bits per heavy atom. The summed E-state index contributed by atoms with van der Waals surface area (Å²) in [7, 11) is 0. The Morgan fingerprint density at radius 2 is 1.95 bits per heavy atom. The van der Waals surface area contributed by atoms with Gasteiger partial charge in [-0.25, -0.2) is 5.84 Å². The van der Waals surface area contributed by atoms with Crippen LogP contribution in [0.5, 0.6) is 5.75 Å². The predicted octanol–water partition coefficient (Wildman–Crippen LogP) is 2.18. The van der Waals surface area contributed by atoms with Gasteiger partial charge >= 0.3 is 5.97 Å². The maximum absolute atomic E-state index is 11.1. The first-order chi connectivity index (χ1) is 9.22. The third kappa shape index (κ3) is 3.35. The molecule has 19 heavy (non-hydrogen) atoms. The fourth-order valence-electron chi connectivity index (χ4n) is 1.72. The van der Waals surface area contributed by atoms with E-state index in [0.717, 1.165) is 10.8 Å². The zero-order valence-electron chi connectivity index (χ0n) is 10.1. The van der Waals surface area contributed by atoms with Crippen LogP contribution < -0.4 is 16.2 Å². The van der Waals surface area contributed by atoms with E-state index >= 15 is 0 Å². The molecule has 0 radical (unpaired) electrons. The molecule has 0 aliphatic heterocycles. The molecule has 0 atom stereocenters. The van der Waals surface area contributed by atoms with E-state index in [2.05, 4.69) is 4.84 Å². The number of rotatable bonds is 5. The lowest BCUT2D eigenvalue weighted by molar-refractivity contribution is -0.151. The maximum atomic E-state index is 11.1. The second kappa shape index (κ2) is 6.38. The topological polar surface area (TPSA) is 73.6 Å². The first-order valence-corrected chi connectivity index (χ1v) is 6.05.